The van der Waals surface area contributed by atoms with Crippen molar-refractivity contribution in [3.8, 4) is 11.5 Å². The van der Waals surface area contributed by atoms with Gasteiger partial charge in [-0.3, -0.25) is 4.79 Å². The monoisotopic (exact) mass is 505 g/mol. The molecule has 33 heavy (non-hydrogen) atoms. The Balaban J connectivity index is 1.62. The van der Waals surface area contributed by atoms with Crippen molar-refractivity contribution in [1.29, 1.82) is 0 Å². The number of amides is 1. The van der Waals surface area contributed by atoms with E-state index in [4.69, 9.17) is 9.47 Å². The van der Waals surface area contributed by atoms with Crippen molar-refractivity contribution < 1.29 is 14.3 Å². The molecule has 0 atom stereocenters. The summed E-state index contributed by atoms with van der Waals surface area (Å²) in [5.74, 6) is 1.77. The van der Waals surface area contributed by atoms with Crippen LogP contribution < -0.4 is 14.4 Å². The van der Waals surface area contributed by atoms with Crippen LogP contribution in [0.4, 0.5) is 5.69 Å². The lowest BCUT2D eigenvalue weighted by atomic mass is 10.0. The van der Waals surface area contributed by atoms with Crippen LogP contribution in [0.2, 0.25) is 0 Å². The summed E-state index contributed by atoms with van der Waals surface area (Å²) in [6.07, 6.45) is 1.95. The fourth-order valence-corrected chi connectivity index (χ4v) is 4.17. The van der Waals surface area contributed by atoms with E-state index in [9.17, 15) is 4.79 Å². The van der Waals surface area contributed by atoms with Crippen molar-refractivity contribution >= 4 is 39.2 Å². The summed E-state index contributed by atoms with van der Waals surface area (Å²) >= 11 is 3.45. The number of rotatable bonds is 8. The number of nitrogens with zero attached hydrogens (tertiary/aromatic N) is 1. The van der Waals surface area contributed by atoms with E-state index >= 15 is 0 Å². The van der Waals surface area contributed by atoms with Gasteiger partial charge in [0.25, 0.3) is 5.91 Å². The van der Waals surface area contributed by atoms with E-state index in [1.807, 2.05) is 84.6 Å². The molecule has 0 fully saturated rings. The molecule has 1 amide bonds. The van der Waals surface area contributed by atoms with Gasteiger partial charge in [0.1, 0.15) is 6.61 Å². The minimum atomic E-state index is 0.0402. The number of anilines is 1. The van der Waals surface area contributed by atoms with Gasteiger partial charge in [-0.25, -0.2) is 0 Å². The second-order valence-corrected chi connectivity index (χ2v) is 9.35. The lowest BCUT2D eigenvalue weighted by Gasteiger charge is -2.19. The molecule has 5 heteroatoms. The molecule has 0 N–H and O–H groups in total. The van der Waals surface area contributed by atoms with Gasteiger partial charge in [-0.2, -0.15) is 0 Å². The molecule has 3 aromatic rings. The van der Waals surface area contributed by atoms with Gasteiger partial charge in [0.2, 0.25) is 0 Å². The first-order valence-electron chi connectivity index (χ1n) is 11.2. The molecule has 0 unspecified atom stereocenters. The summed E-state index contributed by atoms with van der Waals surface area (Å²) in [6, 6.07) is 21.8. The minimum Gasteiger partial charge on any atom is -0.490 e. The van der Waals surface area contributed by atoms with Crippen LogP contribution in [0.3, 0.4) is 0 Å². The van der Waals surface area contributed by atoms with Crippen molar-refractivity contribution in [2.24, 2.45) is 5.92 Å². The van der Waals surface area contributed by atoms with Gasteiger partial charge in [-0.15, -0.1) is 0 Å². The summed E-state index contributed by atoms with van der Waals surface area (Å²) in [5.41, 5.74) is 4.63. The molecule has 0 aliphatic carbocycles. The van der Waals surface area contributed by atoms with Gasteiger partial charge in [-0.1, -0.05) is 66.2 Å². The van der Waals surface area contributed by atoms with Crippen LogP contribution in [0, 0.1) is 5.92 Å². The number of carbonyl (C=O) groups is 1. The number of hydrogen-bond donors (Lipinski definition) is 0. The highest BCUT2D eigenvalue weighted by molar-refractivity contribution is 9.10. The lowest BCUT2D eigenvalue weighted by Crippen LogP contribution is -2.30. The Morgan fingerprint density at radius 3 is 2.45 bits per heavy atom. The van der Waals surface area contributed by atoms with Crippen LogP contribution in [0.25, 0.3) is 11.6 Å². The van der Waals surface area contributed by atoms with Crippen molar-refractivity contribution in [2.45, 2.75) is 27.4 Å². The first kappa shape index (κ1) is 23.1. The van der Waals surface area contributed by atoms with E-state index in [1.165, 1.54) is 0 Å². The van der Waals surface area contributed by atoms with E-state index in [2.05, 4.69) is 29.8 Å². The van der Waals surface area contributed by atoms with Gasteiger partial charge < -0.3 is 14.4 Å². The zero-order valence-electron chi connectivity index (χ0n) is 19.2. The molecule has 0 radical (unpaired) electrons. The molecule has 4 rings (SSSR count). The standard InChI is InChI=1S/C28H28BrNO3/c1-4-32-27-16-21(11-14-26(27)33-18-20-9-12-22(29)13-10-20)15-24-23-7-5-6-8-25(23)30(28(24)31)17-19(2)3/h5-16,19H,4,17-18H2,1-3H3/b24-15-. The Labute approximate surface area is 204 Å². The second kappa shape index (κ2) is 10.3. The van der Waals surface area contributed by atoms with Gasteiger partial charge >= 0.3 is 0 Å². The molecule has 170 valence electrons. The second-order valence-electron chi connectivity index (χ2n) is 8.44. The minimum absolute atomic E-state index is 0.0402. The van der Waals surface area contributed by atoms with Crippen LogP contribution in [0.1, 0.15) is 37.5 Å². The predicted molar refractivity (Wildman–Crippen MR) is 138 cm³/mol. The number of para-hydroxylation sites is 1. The highest BCUT2D eigenvalue weighted by atomic mass is 79.9. The number of halogens is 1. The average Bonchev–Trinajstić information content (AvgIpc) is 3.05. The number of benzene rings is 3. The Morgan fingerprint density at radius 1 is 0.970 bits per heavy atom. The third kappa shape index (κ3) is 5.31. The van der Waals surface area contributed by atoms with Crippen molar-refractivity contribution in [1.82, 2.24) is 0 Å². The highest BCUT2D eigenvalue weighted by Gasteiger charge is 2.32. The van der Waals surface area contributed by atoms with Crippen LogP contribution in [0.5, 0.6) is 11.5 Å². The van der Waals surface area contributed by atoms with Crippen molar-refractivity contribution in [2.75, 3.05) is 18.1 Å². The molecule has 4 nitrogen and oxygen atoms in total. The molecular formula is C28H28BrNO3. The van der Waals surface area contributed by atoms with Crippen LogP contribution >= 0.6 is 15.9 Å². The molecule has 0 saturated heterocycles. The number of fused-ring (bicyclic) bond motifs is 1. The first-order chi connectivity index (χ1) is 16.0. The fourth-order valence-electron chi connectivity index (χ4n) is 3.90. The van der Waals surface area contributed by atoms with Gasteiger partial charge in [0.05, 0.1) is 12.3 Å². The van der Waals surface area contributed by atoms with Crippen LogP contribution in [0.15, 0.2) is 71.2 Å². The van der Waals surface area contributed by atoms with E-state index < -0.39 is 0 Å². The number of carbonyl (C=O) groups excluding carboxylic acids is 1. The summed E-state index contributed by atoms with van der Waals surface area (Å²) in [5, 5.41) is 0. The molecular weight excluding hydrogens is 478 g/mol. The Morgan fingerprint density at radius 2 is 1.73 bits per heavy atom. The molecule has 0 spiro atoms. The summed E-state index contributed by atoms with van der Waals surface area (Å²) < 4.78 is 12.9. The largest absolute Gasteiger partial charge is 0.490 e. The molecule has 0 saturated carbocycles. The summed E-state index contributed by atoms with van der Waals surface area (Å²) in [6.45, 7) is 7.87. The van der Waals surface area contributed by atoms with E-state index in [0.29, 0.717) is 42.7 Å². The van der Waals surface area contributed by atoms with E-state index in [0.717, 1.165) is 26.9 Å². The Kier molecular flexibility index (Phi) is 7.19. The third-order valence-electron chi connectivity index (χ3n) is 5.39. The van der Waals surface area contributed by atoms with Crippen molar-refractivity contribution in [3.63, 3.8) is 0 Å². The maximum atomic E-state index is 13.3. The third-order valence-corrected chi connectivity index (χ3v) is 5.92. The molecule has 1 aliphatic rings. The molecule has 1 heterocycles. The SMILES string of the molecule is CCOc1cc(/C=C2\C(=O)N(CC(C)C)c3ccccc32)ccc1OCc1ccc(Br)cc1. The summed E-state index contributed by atoms with van der Waals surface area (Å²) in [7, 11) is 0. The molecule has 0 aromatic heterocycles. The normalized spacial score (nSPS) is 14.2. The van der Waals surface area contributed by atoms with Crippen molar-refractivity contribution in [3.05, 3.63) is 87.9 Å². The van der Waals surface area contributed by atoms with Crippen LogP contribution in [-0.4, -0.2) is 19.1 Å². The maximum Gasteiger partial charge on any atom is 0.259 e. The Bertz CT molecular complexity index is 1170. The van der Waals surface area contributed by atoms with Gasteiger partial charge in [0.15, 0.2) is 11.5 Å². The zero-order chi connectivity index (χ0) is 23.4. The molecule has 0 bridgehead atoms. The topological polar surface area (TPSA) is 38.8 Å². The van der Waals surface area contributed by atoms with E-state index in [1.54, 1.807) is 0 Å². The lowest BCUT2D eigenvalue weighted by molar-refractivity contribution is -0.113. The average molecular weight is 506 g/mol. The maximum absolute atomic E-state index is 13.3. The molecule has 1 aliphatic heterocycles. The van der Waals surface area contributed by atoms with Gasteiger partial charge in [-0.05, 0) is 60.4 Å². The smallest absolute Gasteiger partial charge is 0.259 e. The van der Waals surface area contributed by atoms with Gasteiger partial charge in [0, 0.05) is 22.2 Å². The quantitative estimate of drug-likeness (QED) is 0.310. The zero-order valence-corrected chi connectivity index (χ0v) is 20.8. The first-order valence-corrected chi connectivity index (χ1v) is 12.0. The Hall–Kier alpha value is -3.05. The van der Waals surface area contributed by atoms with E-state index in [-0.39, 0.29) is 5.91 Å². The number of hydrogen-bond acceptors (Lipinski definition) is 3. The fraction of sp³-hybridized carbons (Fsp3) is 0.250. The molecule has 3 aromatic carbocycles. The number of ether oxygens (including phenoxy) is 2. The summed E-state index contributed by atoms with van der Waals surface area (Å²) in [4.78, 5) is 15.1. The van der Waals surface area contributed by atoms with Crippen LogP contribution in [-0.2, 0) is 11.4 Å². The highest BCUT2D eigenvalue weighted by Crippen LogP contribution is 2.39. The predicted octanol–water partition coefficient (Wildman–Crippen LogP) is 6.97.